The third-order valence-electron chi connectivity index (χ3n) is 9.43. The summed E-state index contributed by atoms with van der Waals surface area (Å²) in [6.07, 6.45) is 3.24. The lowest BCUT2D eigenvalue weighted by atomic mass is 9.63. The molecule has 246 valence electrons. The van der Waals surface area contributed by atoms with Gasteiger partial charge in [0.05, 0.1) is 11.1 Å². The Bertz CT molecular complexity index is 1720. The molecule has 1 heterocycles. The normalized spacial score (nSPS) is 19.1. The number of ketones is 2. The monoisotopic (exact) mass is 715 g/mol. The zero-order valence-electron chi connectivity index (χ0n) is 27.9. The van der Waals surface area contributed by atoms with Crippen molar-refractivity contribution >= 4 is 39.1 Å². The summed E-state index contributed by atoms with van der Waals surface area (Å²) in [5, 5.41) is 0.648. The largest absolute Gasteiger partial charge is 0.490 e. The van der Waals surface area contributed by atoms with Crippen LogP contribution >= 0.6 is 27.5 Å². The summed E-state index contributed by atoms with van der Waals surface area (Å²) in [5.74, 6) is 0.905. The van der Waals surface area contributed by atoms with Gasteiger partial charge in [0.1, 0.15) is 6.61 Å². The first-order valence-corrected chi connectivity index (χ1v) is 17.7. The van der Waals surface area contributed by atoms with Crippen molar-refractivity contribution in [3.8, 4) is 11.5 Å². The van der Waals surface area contributed by atoms with Crippen molar-refractivity contribution in [1.82, 2.24) is 4.90 Å². The lowest BCUT2D eigenvalue weighted by Crippen LogP contribution is -2.45. The van der Waals surface area contributed by atoms with Crippen LogP contribution in [0.3, 0.4) is 0 Å². The van der Waals surface area contributed by atoms with Crippen LogP contribution in [0.2, 0.25) is 5.02 Å². The van der Waals surface area contributed by atoms with Gasteiger partial charge in [-0.25, -0.2) is 0 Å². The molecule has 0 unspecified atom stereocenters. The Hall–Kier alpha value is -3.35. The Morgan fingerprint density at radius 2 is 1.43 bits per heavy atom. The van der Waals surface area contributed by atoms with Crippen molar-refractivity contribution in [1.29, 1.82) is 0 Å². The van der Waals surface area contributed by atoms with Crippen molar-refractivity contribution in [2.75, 3.05) is 13.2 Å². The number of ether oxygens (including phenoxy) is 2. The molecule has 5 nitrogen and oxygen atoms in total. The molecular formula is C40H43BrClNO4. The highest BCUT2D eigenvalue weighted by Gasteiger charge is 2.49. The second-order valence-electron chi connectivity index (χ2n) is 14.6. The van der Waals surface area contributed by atoms with Gasteiger partial charge in [0, 0.05) is 52.9 Å². The van der Waals surface area contributed by atoms with Crippen LogP contribution in [0, 0.1) is 10.8 Å². The van der Waals surface area contributed by atoms with E-state index in [1.54, 1.807) is 0 Å². The van der Waals surface area contributed by atoms with Gasteiger partial charge >= 0.3 is 0 Å². The average molecular weight is 717 g/mol. The lowest BCUT2D eigenvalue weighted by molar-refractivity contribution is -0.119. The molecular weight excluding hydrogens is 674 g/mol. The molecule has 0 atom stereocenters. The molecule has 0 amide bonds. The van der Waals surface area contributed by atoms with Gasteiger partial charge in [-0.2, -0.15) is 0 Å². The zero-order chi connectivity index (χ0) is 33.5. The van der Waals surface area contributed by atoms with Crippen LogP contribution in [0.4, 0.5) is 0 Å². The Kier molecular flexibility index (Phi) is 9.48. The van der Waals surface area contributed by atoms with Gasteiger partial charge in [-0.15, -0.1) is 0 Å². The summed E-state index contributed by atoms with van der Waals surface area (Å²) in [4.78, 5) is 31.0. The van der Waals surface area contributed by atoms with Crippen LogP contribution in [0.25, 0.3) is 0 Å². The highest BCUT2D eigenvalue weighted by molar-refractivity contribution is 9.10. The first-order chi connectivity index (χ1) is 22.4. The minimum absolute atomic E-state index is 0.116. The molecule has 0 radical (unpaired) electrons. The SMILES string of the molecule is CCOc1cc(C2C3=C(CC(C)(C)CC3=O)N(CCc3ccccc3)C3=C2C(=O)CC(C)(C)C3)cc(Br)c1OCc1cccc(Cl)c1. The second-order valence-corrected chi connectivity index (χ2v) is 15.9. The molecule has 7 heteroatoms. The fourth-order valence-corrected chi connectivity index (χ4v) is 8.26. The van der Waals surface area contributed by atoms with E-state index in [1.807, 2.05) is 49.4 Å². The Morgan fingerprint density at radius 3 is 2.02 bits per heavy atom. The van der Waals surface area contributed by atoms with E-state index in [-0.39, 0.29) is 22.4 Å². The number of allylic oxidation sites excluding steroid dienone is 4. The summed E-state index contributed by atoms with van der Waals surface area (Å²) >= 11 is 10.0. The summed E-state index contributed by atoms with van der Waals surface area (Å²) in [6.45, 7) is 12.1. The number of carbonyl (C=O) groups is 2. The van der Waals surface area contributed by atoms with Crippen LogP contribution in [-0.4, -0.2) is 29.6 Å². The van der Waals surface area contributed by atoms with E-state index in [0.29, 0.717) is 53.6 Å². The minimum Gasteiger partial charge on any atom is -0.490 e. The second kappa shape index (κ2) is 13.3. The molecule has 3 aromatic rings. The van der Waals surface area contributed by atoms with Crippen LogP contribution in [0.1, 0.15) is 82.9 Å². The van der Waals surface area contributed by atoms with E-state index >= 15 is 0 Å². The molecule has 3 aromatic carbocycles. The maximum absolute atomic E-state index is 14.3. The maximum Gasteiger partial charge on any atom is 0.175 e. The fourth-order valence-electron chi connectivity index (χ4n) is 7.48. The summed E-state index contributed by atoms with van der Waals surface area (Å²) in [7, 11) is 0. The van der Waals surface area contributed by atoms with Crippen molar-refractivity contribution in [2.24, 2.45) is 10.8 Å². The molecule has 0 N–H and O–H groups in total. The molecule has 0 saturated heterocycles. The third kappa shape index (κ3) is 7.10. The molecule has 0 aromatic heterocycles. The van der Waals surface area contributed by atoms with Crippen LogP contribution in [0.5, 0.6) is 11.5 Å². The number of benzene rings is 3. The molecule has 2 aliphatic carbocycles. The van der Waals surface area contributed by atoms with Gasteiger partial charge < -0.3 is 14.4 Å². The number of halogens is 2. The van der Waals surface area contributed by atoms with Gasteiger partial charge in [0.2, 0.25) is 0 Å². The van der Waals surface area contributed by atoms with E-state index in [1.165, 1.54) is 5.56 Å². The van der Waals surface area contributed by atoms with Crippen LogP contribution in [-0.2, 0) is 22.6 Å². The molecule has 0 saturated carbocycles. The van der Waals surface area contributed by atoms with Crippen molar-refractivity contribution in [2.45, 2.75) is 79.2 Å². The Balaban J connectivity index is 1.48. The topological polar surface area (TPSA) is 55.8 Å². The molecule has 3 aliphatic rings. The minimum atomic E-state index is -0.474. The number of hydrogen-bond acceptors (Lipinski definition) is 5. The number of nitrogens with zero attached hydrogens (tertiary/aromatic N) is 1. The summed E-state index contributed by atoms with van der Waals surface area (Å²) in [5.41, 5.74) is 6.30. The van der Waals surface area contributed by atoms with E-state index in [0.717, 1.165) is 52.9 Å². The van der Waals surface area contributed by atoms with Crippen molar-refractivity contribution < 1.29 is 19.1 Å². The quantitative estimate of drug-likeness (QED) is 0.221. The van der Waals surface area contributed by atoms with Gasteiger partial charge in [-0.05, 0) is 93.9 Å². The maximum atomic E-state index is 14.3. The Morgan fingerprint density at radius 1 is 0.809 bits per heavy atom. The fraction of sp³-hybridized carbons (Fsp3) is 0.400. The smallest absolute Gasteiger partial charge is 0.175 e. The van der Waals surface area contributed by atoms with Crippen molar-refractivity contribution in [3.63, 3.8) is 0 Å². The highest BCUT2D eigenvalue weighted by atomic mass is 79.9. The van der Waals surface area contributed by atoms with E-state index in [4.69, 9.17) is 21.1 Å². The molecule has 6 rings (SSSR count). The van der Waals surface area contributed by atoms with Crippen molar-refractivity contribution in [3.05, 3.63) is 115 Å². The predicted molar refractivity (Wildman–Crippen MR) is 191 cm³/mol. The molecule has 47 heavy (non-hydrogen) atoms. The van der Waals surface area contributed by atoms with Gasteiger partial charge in [-0.3, -0.25) is 9.59 Å². The van der Waals surface area contributed by atoms with E-state index < -0.39 is 5.92 Å². The first kappa shape index (κ1) is 33.5. The van der Waals surface area contributed by atoms with Crippen LogP contribution in [0.15, 0.2) is 93.7 Å². The van der Waals surface area contributed by atoms with Crippen LogP contribution < -0.4 is 9.47 Å². The molecule has 1 aliphatic heterocycles. The summed E-state index contributed by atoms with van der Waals surface area (Å²) < 4.78 is 13.2. The molecule has 0 bridgehead atoms. The number of Topliss-reactive ketones (excluding diaryl/α,β-unsaturated/α-hetero) is 2. The first-order valence-electron chi connectivity index (χ1n) is 16.5. The predicted octanol–water partition coefficient (Wildman–Crippen LogP) is 10.0. The van der Waals surface area contributed by atoms with Gasteiger partial charge in [0.15, 0.2) is 23.1 Å². The third-order valence-corrected chi connectivity index (χ3v) is 10.3. The zero-order valence-corrected chi connectivity index (χ0v) is 30.3. The highest BCUT2D eigenvalue weighted by Crippen LogP contribution is 2.55. The average Bonchev–Trinajstić information content (AvgIpc) is 2.99. The Labute approximate surface area is 292 Å². The number of hydrogen-bond donors (Lipinski definition) is 0. The van der Waals surface area contributed by atoms with E-state index in [2.05, 4.69) is 72.8 Å². The van der Waals surface area contributed by atoms with E-state index in [9.17, 15) is 9.59 Å². The number of carbonyl (C=O) groups excluding carboxylic acids is 2. The summed E-state index contributed by atoms with van der Waals surface area (Å²) in [6, 6.07) is 22.0. The number of rotatable bonds is 9. The molecule has 0 spiro atoms. The van der Waals surface area contributed by atoms with Gasteiger partial charge in [0.25, 0.3) is 0 Å². The lowest BCUT2D eigenvalue weighted by Gasteiger charge is -2.49. The molecule has 0 fully saturated rings. The van der Waals surface area contributed by atoms with Gasteiger partial charge in [-0.1, -0.05) is 81.8 Å². The standard InChI is InChI=1S/C40H43BrClNO4/c1-6-46-34-19-27(18-29(41)38(34)47-24-26-13-10-14-28(42)17-26)35-36-30(20-39(2,3)22-32(36)44)43(16-15-25-11-8-7-9-12-25)31-21-40(4,5)23-33(45)37(31)35/h7-14,17-19,35H,6,15-16,20-24H2,1-5H3.